The number of carbonyl (C=O) groups is 1. The average molecular weight is 338 g/mol. The van der Waals surface area contributed by atoms with E-state index in [9.17, 15) is 9.90 Å². The predicted molar refractivity (Wildman–Crippen MR) is 81.6 cm³/mol. The molecule has 3 nitrogen and oxygen atoms in total. The molecular weight excluding hydrogens is 318 g/mol. The van der Waals surface area contributed by atoms with E-state index in [1.165, 1.54) is 6.42 Å². The predicted octanol–water partition coefficient (Wildman–Crippen LogP) is 3.22. The van der Waals surface area contributed by atoms with Crippen molar-refractivity contribution in [3.05, 3.63) is 34.3 Å². The average Bonchev–Trinajstić information content (AvgIpc) is 2.46. The molecule has 0 bridgehead atoms. The van der Waals surface area contributed by atoms with E-state index >= 15 is 0 Å². The van der Waals surface area contributed by atoms with Crippen LogP contribution in [0.5, 0.6) is 0 Å². The second-order valence-electron chi connectivity index (χ2n) is 6.05. The number of nitrogens with zero attached hydrogens (tertiary/aromatic N) is 1. The molecule has 0 spiro atoms. The minimum Gasteiger partial charge on any atom is -0.389 e. The van der Waals surface area contributed by atoms with Gasteiger partial charge in [0.1, 0.15) is 0 Å². The molecule has 20 heavy (non-hydrogen) atoms. The minimum absolute atomic E-state index is 0.0881. The van der Waals surface area contributed by atoms with Gasteiger partial charge in [-0.25, -0.2) is 0 Å². The van der Waals surface area contributed by atoms with Gasteiger partial charge < -0.3 is 10.0 Å². The van der Waals surface area contributed by atoms with E-state index in [0.717, 1.165) is 35.7 Å². The third kappa shape index (κ3) is 2.63. The van der Waals surface area contributed by atoms with Crippen LogP contribution in [-0.4, -0.2) is 34.6 Å². The van der Waals surface area contributed by atoms with Gasteiger partial charge in [0.05, 0.1) is 5.60 Å². The van der Waals surface area contributed by atoms with Crippen LogP contribution in [0, 0.1) is 5.92 Å². The highest BCUT2D eigenvalue weighted by atomic mass is 79.9. The molecule has 1 saturated heterocycles. The van der Waals surface area contributed by atoms with Gasteiger partial charge in [0.15, 0.2) is 0 Å². The molecule has 1 aliphatic heterocycles. The van der Waals surface area contributed by atoms with E-state index < -0.39 is 5.60 Å². The Labute approximate surface area is 128 Å². The third-order valence-corrected chi connectivity index (χ3v) is 5.33. The molecule has 1 aliphatic carbocycles. The fourth-order valence-corrected chi connectivity index (χ4v) is 3.79. The van der Waals surface area contributed by atoms with Gasteiger partial charge in [0.25, 0.3) is 5.91 Å². The second kappa shape index (κ2) is 5.49. The van der Waals surface area contributed by atoms with Gasteiger partial charge in [0, 0.05) is 29.0 Å². The molecule has 0 aromatic heterocycles. The summed E-state index contributed by atoms with van der Waals surface area (Å²) in [5.74, 6) is 0.342. The Hall–Kier alpha value is -0.870. The lowest BCUT2D eigenvalue weighted by atomic mass is 9.71. The molecule has 1 aromatic rings. The van der Waals surface area contributed by atoms with Crippen LogP contribution in [0.3, 0.4) is 0 Å². The number of piperidine rings is 1. The van der Waals surface area contributed by atoms with Gasteiger partial charge in [-0.05, 0) is 43.5 Å². The highest BCUT2D eigenvalue weighted by Crippen LogP contribution is 2.40. The molecule has 1 aromatic carbocycles. The number of halogens is 1. The van der Waals surface area contributed by atoms with Crippen LogP contribution in [0.1, 0.15) is 42.5 Å². The molecule has 1 N–H and O–H groups in total. The topological polar surface area (TPSA) is 40.5 Å². The van der Waals surface area contributed by atoms with Gasteiger partial charge in [-0.2, -0.15) is 0 Å². The maximum Gasteiger partial charge on any atom is 0.253 e. The molecule has 1 unspecified atom stereocenters. The molecule has 2 atom stereocenters. The van der Waals surface area contributed by atoms with Crippen molar-refractivity contribution in [2.24, 2.45) is 5.92 Å². The Balaban J connectivity index is 1.72. The number of amides is 1. The van der Waals surface area contributed by atoms with E-state index in [1.807, 2.05) is 29.2 Å². The van der Waals surface area contributed by atoms with Crippen LogP contribution < -0.4 is 0 Å². The lowest BCUT2D eigenvalue weighted by molar-refractivity contribution is -0.0886. The molecule has 0 radical (unpaired) electrons. The first-order valence-electron chi connectivity index (χ1n) is 7.36. The SMILES string of the molecule is O=C(c1ccc(Br)cc1)N1CC[C@]2(O)CCCCC2C1. The van der Waals surface area contributed by atoms with Crippen LogP contribution in [0.2, 0.25) is 0 Å². The van der Waals surface area contributed by atoms with Crippen LogP contribution in [0.15, 0.2) is 28.7 Å². The summed E-state index contributed by atoms with van der Waals surface area (Å²) in [5, 5.41) is 10.7. The summed E-state index contributed by atoms with van der Waals surface area (Å²) >= 11 is 3.39. The van der Waals surface area contributed by atoms with E-state index in [4.69, 9.17) is 0 Å². The van der Waals surface area contributed by atoms with Crippen LogP contribution in [-0.2, 0) is 0 Å². The molecule has 1 amide bonds. The lowest BCUT2D eigenvalue weighted by Crippen LogP contribution is -2.54. The fraction of sp³-hybridized carbons (Fsp3) is 0.562. The number of fused-ring (bicyclic) bond motifs is 1. The Morgan fingerprint density at radius 1 is 1.25 bits per heavy atom. The number of likely N-dealkylation sites (tertiary alicyclic amines) is 1. The third-order valence-electron chi connectivity index (χ3n) is 4.81. The van der Waals surface area contributed by atoms with Crippen molar-refractivity contribution in [3.63, 3.8) is 0 Å². The number of rotatable bonds is 1. The number of carbonyl (C=O) groups excluding carboxylic acids is 1. The molecule has 1 saturated carbocycles. The molecule has 1 heterocycles. The van der Waals surface area contributed by atoms with Gasteiger partial charge in [-0.3, -0.25) is 4.79 Å². The number of aliphatic hydroxyl groups is 1. The summed E-state index contributed by atoms with van der Waals surface area (Å²) in [5.41, 5.74) is 0.212. The van der Waals surface area contributed by atoms with Crippen molar-refractivity contribution in [1.82, 2.24) is 4.90 Å². The Morgan fingerprint density at radius 3 is 2.75 bits per heavy atom. The minimum atomic E-state index is -0.519. The Bertz CT molecular complexity index is 502. The van der Waals surface area contributed by atoms with Gasteiger partial charge in [-0.1, -0.05) is 28.8 Å². The molecule has 2 aliphatic rings. The maximum absolute atomic E-state index is 12.5. The quantitative estimate of drug-likeness (QED) is 0.854. The summed E-state index contributed by atoms with van der Waals surface area (Å²) in [6, 6.07) is 7.50. The summed E-state index contributed by atoms with van der Waals surface area (Å²) in [7, 11) is 0. The first-order valence-corrected chi connectivity index (χ1v) is 8.15. The van der Waals surface area contributed by atoms with E-state index in [1.54, 1.807) is 0 Å². The van der Waals surface area contributed by atoms with Crippen molar-refractivity contribution in [1.29, 1.82) is 0 Å². The molecule has 2 fully saturated rings. The summed E-state index contributed by atoms with van der Waals surface area (Å²) < 4.78 is 0.981. The molecular formula is C16H20BrNO2. The first kappa shape index (κ1) is 14.1. The van der Waals surface area contributed by atoms with E-state index in [0.29, 0.717) is 13.1 Å². The van der Waals surface area contributed by atoms with Crippen LogP contribution >= 0.6 is 15.9 Å². The smallest absolute Gasteiger partial charge is 0.253 e. The number of hydrogen-bond donors (Lipinski definition) is 1. The number of benzene rings is 1. The van der Waals surface area contributed by atoms with Crippen molar-refractivity contribution >= 4 is 21.8 Å². The molecule has 3 rings (SSSR count). The molecule has 4 heteroatoms. The lowest BCUT2D eigenvalue weighted by Gasteiger charge is -2.47. The summed E-state index contributed by atoms with van der Waals surface area (Å²) in [6.07, 6.45) is 4.96. The van der Waals surface area contributed by atoms with Crippen molar-refractivity contribution in [2.75, 3.05) is 13.1 Å². The first-order chi connectivity index (χ1) is 9.58. The number of hydrogen-bond acceptors (Lipinski definition) is 2. The second-order valence-corrected chi connectivity index (χ2v) is 6.97. The monoisotopic (exact) mass is 337 g/mol. The van der Waals surface area contributed by atoms with Crippen molar-refractivity contribution in [2.45, 2.75) is 37.7 Å². The van der Waals surface area contributed by atoms with Crippen molar-refractivity contribution < 1.29 is 9.90 Å². The van der Waals surface area contributed by atoms with Gasteiger partial charge in [0.2, 0.25) is 0 Å². The van der Waals surface area contributed by atoms with Crippen molar-refractivity contribution in [3.8, 4) is 0 Å². The fourth-order valence-electron chi connectivity index (χ4n) is 3.53. The Kier molecular flexibility index (Phi) is 3.87. The zero-order valence-corrected chi connectivity index (χ0v) is 13.1. The molecule has 108 valence electrons. The maximum atomic E-state index is 12.5. The largest absolute Gasteiger partial charge is 0.389 e. The van der Waals surface area contributed by atoms with Crippen LogP contribution in [0.4, 0.5) is 0 Å². The van der Waals surface area contributed by atoms with Crippen LogP contribution in [0.25, 0.3) is 0 Å². The summed E-state index contributed by atoms with van der Waals surface area (Å²) in [4.78, 5) is 14.4. The van der Waals surface area contributed by atoms with Gasteiger partial charge in [-0.15, -0.1) is 0 Å². The zero-order chi connectivity index (χ0) is 14.2. The zero-order valence-electron chi connectivity index (χ0n) is 11.5. The van der Waals surface area contributed by atoms with Gasteiger partial charge >= 0.3 is 0 Å². The normalized spacial score (nSPS) is 29.9. The summed E-state index contributed by atoms with van der Waals surface area (Å²) in [6.45, 7) is 1.37. The highest BCUT2D eigenvalue weighted by Gasteiger charge is 2.43. The standard InChI is InChI=1S/C16H20BrNO2/c17-14-6-4-12(5-7-14)15(19)18-10-9-16(20)8-2-1-3-13(16)11-18/h4-7,13,20H,1-3,8-11H2/t13?,16-/m1/s1. The highest BCUT2D eigenvalue weighted by molar-refractivity contribution is 9.10. The van der Waals surface area contributed by atoms with E-state index in [-0.39, 0.29) is 11.8 Å². The Morgan fingerprint density at radius 2 is 2.00 bits per heavy atom. The van der Waals surface area contributed by atoms with E-state index in [2.05, 4.69) is 15.9 Å².